The number of rotatable bonds is 7. The van der Waals surface area contributed by atoms with E-state index in [-0.39, 0.29) is 47.8 Å². The first kappa shape index (κ1) is 27.2. The van der Waals surface area contributed by atoms with Gasteiger partial charge in [0.15, 0.2) is 0 Å². The van der Waals surface area contributed by atoms with E-state index in [9.17, 15) is 31.9 Å². The molecule has 2 atom stereocenters. The van der Waals surface area contributed by atoms with Gasteiger partial charge in [0.1, 0.15) is 11.9 Å². The van der Waals surface area contributed by atoms with Crippen LogP contribution in [-0.4, -0.2) is 47.3 Å². The van der Waals surface area contributed by atoms with Crippen molar-refractivity contribution in [2.75, 3.05) is 13.6 Å². The van der Waals surface area contributed by atoms with Crippen LogP contribution < -0.4 is 10.6 Å². The highest BCUT2D eigenvalue weighted by Crippen LogP contribution is 2.42. The van der Waals surface area contributed by atoms with E-state index in [4.69, 9.17) is 0 Å². The third kappa shape index (κ3) is 5.23. The van der Waals surface area contributed by atoms with Crippen molar-refractivity contribution in [1.82, 2.24) is 20.4 Å². The van der Waals surface area contributed by atoms with Crippen LogP contribution in [0.25, 0.3) is 0 Å². The van der Waals surface area contributed by atoms with Gasteiger partial charge in [0.25, 0.3) is 5.91 Å². The van der Waals surface area contributed by atoms with Gasteiger partial charge >= 0.3 is 12.2 Å². The summed E-state index contributed by atoms with van der Waals surface area (Å²) in [5.41, 5.74) is -0.730. The molecule has 2 heterocycles. The molecule has 2 unspecified atom stereocenters. The lowest BCUT2D eigenvalue weighted by atomic mass is 9.91. The Morgan fingerprint density at radius 2 is 1.76 bits per heavy atom. The fraction of sp³-hybridized carbons (Fsp3) is 0.370. The Labute approximate surface area is 217 Å². The number of hydrogen-bond acceptors (Lipinski definition) is 3. The number of nitrogens with zero attached hydrogens (tertiary/aromatic N) is 2. The molecule has 202 valence electrons. The van der Waals surface area contributed by atoms with Crippen LogP contribution >= 0.6 is 0 Å². The van der Waals surface area contributed by atoms with Crippen molar-refractivity contribution in [1.29, 1.82) is 0 Å². The summed E-state index contributed by atoms with van der Waals surface area (Å²) in [5, 5.41) is 5.20. The number of likely N-dealkylation sites (N-methyl/N-ethyl adjacent to an activating group) is 1. The van der Waals surface area contributed by atoms with Crippen LogP contribution in [0.5, 0.6) is 0 Å². The number of benzene rings is 2. The van der Waals surface area contributed by atoms with Crippen molar-refractivity contribution in [3.05, 3.63) is 82.3 Å². The van der Waals surface area contributed by atoms with E-state index in [1.54, 1.807) is 6.07 Å². The second-order valence-electron chi connectivity index (χ2n) is 9.77. The molecule has 0 radical (unpaired) electrons. The Hall–Kier alpha value is -3.89. The van der Waals surface area contributed by atoms with E-state index in [0.717, 1.165) is 6.07 Å². The molecule has 4 rings (SSSR count). The van der Waals surface area contributed by atoms with Crippen LogP contribution in [0, 0.1) is 11.7 Å². The Kier molecular flexibility index (Phi) is 7.48. The number of urea groups is 1. The molecule has 2 aliphatic heterocycles. The number of alkyl halides is 3. The van der Waals surface area contributed by atoms with Crippen LogP contribution in [0.3, 0.4) is 0 Å². The van der Waals surface area contributed by atoms with Gasteiger partial charge in [-0.25, -0.2) is 9.18 Å². The number of carbonyl (C=O) groups is 3. The summed E-state index contributed by atoms with van der Waals surface area (Å²) in [4.78, 5) is 42.2. The normalized spacial score (nSPS) is 18.6. The van der Waals surface area contributed by atoms with Crippen LogP contribution in [-0.2, 0) is 22.3 Å². The summed E-state index contributed by atoms with van der Waals surface area (Å²) in [7, 11) is 1.42. The van der Waals surface area contributed by atoms with Gasteiger partial charge in [-0.2, -0.15) is 13.2 Å². The first-order chi connectivity index (χ1) is 17.9. The van der Waals surface area contributed by atoms with E-state index in [1.165, 1.54) is 53.2 Å². The minimum absolute atomic E-state index is 0.0144. The van der Waals surface area contributed by atoms with Crippen molar-refractivity contribution in [2.45, 2.75) is 45.1 Å². The van der Waals surface area contributed by atoms with Gasteiger partial charge in [-0.15, -0.1) is 0 Å². The Morgan fingerprint density at radius 1 is 1.11 bits per heavy atom. The van der Waals surface area contributed by atoms with Crippen molar-refractivity contribution < 1.29 is 31.9 Å². The maximum Gasteiger partial charge on any atom is 0.416 e. The Bertz CT molecular complexity index is 1290. The highest BCUT2D eigenvalue weighted by Gasteiger charge is 2.48. The molecule has 0 aliphatic carbocycles. The summed E-state index contributed by atoms with van der Waals surface area (Å²) < 4.78 is 55.5. The average Bonchev–Trinajstić information content (AvgIpc) is 3.20. The smallest absolute Gasteiger partial charge is 0.350 e. The summed E-state index contributed by atoms with van der Waals surface area (Å²) in [6, 6.07) is 7.75. The molecule has 11 heteroatoms. The number of carbonyl (C=O) groups excluding carboxylic acids is 3. The van der Waals surface area contributed by atoms with E-state index < -0.39 is 47.5 Å². The zero-order valence-corrected chi connectivity index (χ0v) is 21.1. The molecule has 0 bridgehead atoms. The predicted octanol–water partition coefficient (Wildman–Crippen LogP) is 4.37. The topological polar surface area (TPSA) is 81.8 Å². The van der Waals surface area contributed by atoms with E-state index in [2.05, 4.69) is 10.6 Å². The molecule has 7 nitrogen and oxygen atoms in total. The van der Waals surface area contributed by atoms with Crippen LogP contribution in [0.1, 0.15) is 43.0 Å². The minimum atomic E-state index is -4.71. The molecule has 0 saturated heterocycles. The second kappa shape index (κ2) is 10.5. The average molecular weight is 533 g/mol. The number of nitrogens with one attached hydrogen (secondary N) is 2. The van der Waals surface area contributed by atoms with Crippen LogP contribution in [0.15, 0.2) is 59.8 Å². The lowest BCUT2D eigenvalue weighted by molar-refractivity contribution is -0.139. The SMILES string of the molecule is CC(C)CC(C(=O)NCc1ccccc1F)N1CC2=C(C1=O)C(c1ccccc1C(F)(F)F)NC(=O)N2C. The van der Waals surface area contributed by atoms with Crippen molar-refractivity contribution in [3.63, 3.8) is 0 Å². The van der Waals surface area contributed by atoms with Crippen LogP contribution in [0.4, 0.5) is 22.4 Å². The molecule has 0 saturated carbocycles. The molecule has 2 aromatic rings. The van der Waals surface area contributed by atoms with Crippen molar-refractivity contribution >= 4 is 17.8 Å². The Balaban J connectivity index is 1.67. The molecule has 2 N–H and O–H groups in total. The molecule has 2 aliphatic rings. The number of amides is 4. The van der Waals surface area contributed by atoms with Gasteiger partial charge in [-0.3, -0.25) is 14.5 Å². The summed E-state index contributed by atoms with van der Waals surface area (Å²) in [6.07, 6.45) is -4.45. The van der Waals surface area contributed by atoms with E-state index >= 15 is 0 Å². The van der Waals surface area contributed by atoms with Crippen LogP contribution in [0.2, 0.25) is 0 Å². The standard InChI is InChI=1S/C27H28F4N4O3/c1-15(2)12-20(24(36)32-13-16-8-4-7-11-19(16)28)35-14-21-22(25(35)37)23(33-26(38)34(21)3)17-9-5-6-10-18(17)27(29,30)31/h4-11,15,20,23H,12-14H2,1-3H3,(H,32,36)(H,33,38). The lowest BCUT2D eigenvalue weighted by Crippen LogP contribution is -2.49. The highest BCUT2D eigenvalue weighted by atomic mass is 19.4. The zero-order valence-electron chi connectivity index (χ0n) is 21.1. The summed E-state index contributed by atoms with van der Waals surface area (Å²) in [5.74, 6) is -1.67. The zero-order chi connectivity index (χ0) is 27.8. The third-order valence-corrected chi connectivity index (χ3v) is 6.75. The van der Waals surface area contributed by atoms with Gasteiger partial charge in [-0.1, -0.05) is 50.2 Å². The van der Waals surface area contributed by atoms with Crippen molar-refractivity contribution in [3.8, 4) is 0 Å². The quantitative estimate of drug-likeness (QED) is 0.520. The third-order valence-electron chi connectivity index (χ3n) is 6.75. The molecule has 4 amide bonds. The molecular formula is C27H28F4N4O3. The number of hydrogen-bond donors (Lipinski definition) is 2. The fourth-order valence-electron chi connectivity index (χ4n) is 4.84. The maximum atomic E-state index is 14.1. The first-order valence-electron chi connectivity index (χ1n) is 12.2. The van der Waals surface area contributed by atoms with E-state index in [1.807, 2.05) is 13.8 Å². The second-order valence-corrected chi connectivity index (χ2v) is 9.77. The molecular weight excluding hydrogens is 504 g/mol. The molecule has 2 aromatic carbocycles. The summed E-state index contributed by atoms with van der Waals surface area (Å²) >= 11 is 0. The Morgan fingerprint density at radius 3 is 2.42 bits per heavy atom. The molecule has 0 fully saturated rings. The summed E-state index contributed by atoms with van der Waals surface area (Å²) in [6.45, 7) is 3.50. The lowest BCUT2D eigenvalue weighted by Gasteiger charge is -2.32. The largest absolute Gasteiger partial charge is 0.416 e. The number of halogens is 4. The van der Waals surface area contributed by atoms with Gasteiger partial charge < -0.3 is 15.5 Å². The fourth-order valence-corrected chi connectivity index (χ4v) is 4.84. The monoisotopic (exact) mass is 532 g/mol. The molecule has 0 aromatic heterocycles. The minimum Gasteiger partial charge on any atom is -0.350 e. The predicted molar refractivity (Wildman–Crippen MR) is 131 cm³/mol. The highest BCUT2D eigenvalue weighted by molar-refractivity contribution is 6.03. The van der Waals surface area contributed by atoms with Gasteiger partial charge in [0.05, 0.1) is 29.4 Å². The van der Waals surface area contributed by atoms with Crippen molar-refractivity contribution in [2.24, 2.45) is 5.92 Å². The van der Waals surface area contributed by atoms with Gasteiger partial charge in [0.2, 0.25) is 5.91 Å². The first-order valence-corrected chi connectivity index (χ1v) is 12.2. The van der Waals surface area contributed by atoms with E-state index in [0.29, 0.717) is 0 Å². The molecule has 38 heavy (non-hydrogen) atoms. The van der Waals surface area contributed by atoms with Gasteiger partial charge in [-0.05, 0) is 30.0 Å². The molecule has 0 spiro atoms. The van der Waals surface area contributed by atoms with Gasteiger partial charge in [0, 0.05) is 19.2 Å². The maximum absolute atomic E-state index is 14.1.